The van der Waals surface area contributed by atoms with Gasteiger partial charge in [-0.05, 0) is 25.5 Å². The number of nitrogens with zero attached hydrogens (tertiary/aromatic N) is 4. The summed E-state index contributed by atoms with van der Waals surface area (Å²) in [6.07, 6.45) is 1.94. The summed E-state index contributed by atoms with van der Waals surface area (Å²) < 4.78 is 2.27. The molecule has 9 nitrogen and oxygen atoms in total. The van der Waals surface area contributed by atoms with Crippen molar-refractivity contribution in [3.8, 4) is 11.4 Å². The van der Waals surface area contributed by atoms with Crippen molar-refractivity contribution in [2.24, 2.45) is 7.05 Å². The summed E-state index contributed by atoms with van der Waals surface area (Å²) in [7, 11) is 1.31. The number of aromatic nitrogens is 4. The first-order chi connectivity index (χ1) is 15.2. The van der Waals surface area contributed by atoms with Crippen LogP contribution in [0.5, 0.6) is 0 Å². The predicted octanol–water partition coefficient (Wildman–Crippen LogP) is 2.58. The molecule has 10 heteroatoms. The molecule has 0 saturated carbocycles. The molecule has 0 fully saturated rings. The highest BCUT2D eigenvalue weighted by molar-refractivity contribution is 7.19. The second kappa shape index (κ2) is 8.13. The van der Waals surface area contributed by atoms with Crippen LogP contribution in [0.1, 0.15) is 46.8 Å². The lowest BCUT2D eigenvalue weighted by atomic mass is 10.0. The third kappa shape index (κ3) is 3.43. The fraction of sp³-hybridized carbons (Fsp3) is 0.227. The summed E-state index contributed by atoms with van der Waals surface area (Å²) in [4.78, 5) is 46.3. The SMILES string of the molecule is CC(C)n1c(=O)n(C)c(=O)c2c(C(=O)O)c(C(O)c3ccc(-c4ncccn4)cc3)sc21. The van der Waals surface area contributed by atoms with E-state index in [1.54, 1.807) is 56.6 Å². The molecule has 1 aromatic carbocycles. The van der Waals surface area contributed by atoms with Gasteiger partial charge in [-0.25, -0.2) is 19.6 Å². The largest absolute Gasteiger partial charge is 0.478 e. The lowest BCUT2D eigenvalue weighted by Gasteiger charge is -2.12. The van der Waals surface area contributed by atoms with Crippen molar-refractivity contribution in [2.45, 2.75) is 26.0 Å². The highest BCUT2D eigenvalue weighted by Gasteiger charge is 2.29. The van der Waals surface area contributed by atoms with Gasteiger partial charge in [0.2, 0.25) is 0 Å². The van der Waals surface area contributed by atoms with E-state index < -0.39 is 23.3 Å². The zero-order valence-electron chi connectivity index (χ0n) is 17.5. The van der Waals surface area contributed by atoms with Crippen LogP contribution >= 0.6 is 11.3 Å². The van der Waals surface area contributed by atoms with E-state index >= 15 is 0 Å². The minimum absolute atomic E-state index is 0.0818. The standard InChI is InChI=1S/C22H20N4O5S/c1-11(2)26-20-15(19(28)25(3)22(26)31)14(21(29)30)17(32-20)16(27)12-5-7-13(8-6-12)18-23-9-4-10-24-18/h4-11,16,27H,1-3H3,(H,29,30). The van der Waals surface area contributed by atoms with E-state index in [1.807, 2.05) is 0 Å². The number of hydrogen-bond donors (Lipinski definition) is 2. The van der Waals surface area contributed by atoms with Crippen molar-refractivity contribution in [1.29, 1.82) is 0 Å². The molecule has 32 heavy (non-hydrogen) atoms. The van der Waals surface area contributed by atoms with Crippen LogP contribution in [-0.2, 0) is 7.05 Å². The van der Waals surface area contributed by atoms with Crippen molar-refractivity contribution in [3.05, 3.63) is 79.6 Å². The topological polar surface area (TPSA) is 127 Å². The second-order valence-corrected chi connectivity index (χ2v) is 8.56. The van der Waals surface area contributed by atoms with Gasteiger partial charge in [0, 0.05) is 31.0 Å². The highest BCUT2D eigenvalue weighted by atomic mass is 32.1. The number of carbonyl (C=O) groups is 1. The Morgan fingerprint density at radius 3 is 2.28 bits per heavy atom. The van der Waals surface area contributed by atoms with E-state index in [4.69, 9.17) is 0 Å². The molecular formula is C22H20N4O5S. The Morgan fingerprint density at radius 1 is 1.09 bits per heavy atom. The fourth-order valence-electron chi connectivity index (χ4n) is 3.58. The summed E-state index contributed by atoms with van der Waals surface area (Å²) in [5.74, 6) is -0.822. The number of carboxylic acids is 1. The molecule has 0 saturated heterocycles. The van der Waals surface area contributed by atoms with Gasteiger partial charge in [-0.3, -0.25) is 13.9 Å². The minimum Gasteiger partial charge on any atom is -0.478 e. The summed E-state index contributed by atoms with van der Waals surface area (Å²) in [6.45, 7) is 3.54. The van der Waals surface area contributed by atoms with Crippen LogP contribution in [0, 0.1) is 0 Å². The maximum absolute atomic E-state index is 12.8. The lowest BCUT2D eigenvalue weighted by molar-refractivity contribution is 0.0694. The van der Waals surface area contributed by atoms with E-state index in [2.05, 4.69) is 9.97 Å². The first-order valence-corrected chi connectivity index (χ1v) is 10.6. The third-order valence-corrected chi connectivity index (χ3v) is 6.42. The smallest absolute Gasteiger partial charge is 0.337 e. The number of thiophene rings is 1. The fourth-order valence-corrected chi connectivity index (χ4v) is 5.01. The Kier molecular flexibility index (Phi) is 5.49. The van der Waals surface area contributed by atoms with Gasteiger partial charge in [-0.2, -0.15) is 0 Å². The molecule has 0 aliphatic rings. The molecule has 0 radical (unpaired) electrons. The van der Waals surface area contributed by atoms with Gasteiger partial charge >= 0.3 is 11.7 Å². The molecule has 1 unspecified atom stereocenters. The summed E-state index contributed by atoms with van der Waals surface area (Å²) in [5.41, 5.74) is -0.356. The monoisotopic (exact) mass is 452 g/mol. The van der Waals surface area contributed by atoms with E-state index in [9.17, 15) is 24.6 Å². The number of aliphatic hydroxyl groups excluding tert-OH is 1. The molecule has 1 atom stereocenters. The van der Waals surface area contributed by atoms with Gasteiger partial charge in [0.25, 0.3) is 5.56 Å². The predicted molar refractivity (Wildman–Crippen MR) is 120 cm³/mol. The normalized spacial score (nSPS) is 12.4. The molecule has 0 spiro atoms. The summed E-state index contributed by atoms with van der Waals surface area (Å²) in [6, 6.07) is 8.15. The average Bonchev–Trinajstić information content (AvgIpc) is 3.18. The van der Waals surface area contributed by atoms with Crippen LogP contribution in [0.2, 0.25) is 0 Å². The molecule has 0 amide bonds. The number of aromatic carboxylic acids is 1. The number of carboxylic acid groups (broad SMARTS) is 1. The van der Waals surface area contributed by atoms with E-state index in [0.29, 0.717) is 11.4 Å². The molecule has 4 aromatic rings. The molecule has 164 valence electrons. The van der Waals surface area contributed by atoms with Crippen LogP contribution in [0.3, 0.4) is 0 Å². The highest BCUT2D eigenvalue weighted by Crippen LogP contribution is 2.37. The van der Waals surface area contributed by atoms with Crippen LogP contribution in [0.4, 0.5) is 0 Å². The van der Waals surface area contributed by atoms with E-state index in [0.717, 1.165) is 21.5 Å². The zero-order valence-corrected chi connectivity index (χ0v) is 18.3. The molecule has 3 aromatic heterocycles. The van der Waals surface area contributed by atoms with Crippen molar-refractivity contribution in [3.63, 3.8) is 0 Å². The lowest BCUT2D eigenvalue weighted by Crippen LogP contribution is -2.38. The van der Waals surface area contributed by atoms with Gasteiger partial charge in [-0.1, -0.05) is 24.3 Å². The van der Waals surface area contributed by atoms with Crippen LogP contribution < -0.4 is 11.2 Å². The van der Waals surface area contributed by atoms with Crippen LogP contribution in [0.15, 0.2) is 52.3 Å². The molecule has 0 bridgehead atoms. The van der Waals surface area contributed by atoms with Gasteiger partial charge in [0.1, 0.15) is 10.9 Å². The first kappa shape index (κ1) is 21.6. The quantitative estimate of drug-likeness (QED) is 0.476. The molecular weight excluding hydrogens is 432 g/mol. The summed E-state index contributed by atoms with van der Waals surface area (Å²) in [5, 5.41) is 20.9. The second-order valence-electron chi connectivity index (χ2n) is 7.53. The van der Waals surface area contributed by atoms with E-state index in [1.165, 1.54) is 11.6 Å². The average molecular weight is 452 g/mol. The van der Waals surface area contributed by atoms with Gasteiger partial charge in [0.05, 0.1) is 15.8 Å². The molecule has 3 heterocycles. The van der Waals surface area contributed by atoms with E-state index in [-0.39, 0.29) is 26.7 Å². The van der Waals surface area contributed by atoms with Gasteiger partial charge in [-0.15, -0.1) is 11.3 Å². The Bertz CT molecular complexity index is 1440. The van der Waals surface area contributed by atoms with Gasteiger partial charge in [0.15, 0.2) is 5.82 Å². The Morgan fingerprint density at radius 2 is 1.72 bits per heavy atom. The Balaban J connectivity index is 1.91. The Labute approximate surface area is 185 Å². The molecule has 4 rings (SSSR count). The van der Waals surface area contributed by atoms with Crippen molar-refractivity contribution < 1.29 is 15.0 Å². The van der Waals surface area contributed by atoms with Crippen molar-refractivity contribution >= 4 is 27.5 Å². The zero-order chi connectivity index (χ0) is 23.2. The maximum Gasteiger partial charge on any atom is 0.337 e. The number of aliphatic hydroxyl groups is 1. The minimum atomic E-state index is -1.34. The van der Waals surface area contributed by atoms with Gasteiger partial charge < -0.3 is 10.2 Å². The molecule has 0 aliphatic carbocycles. The number of benzene rings is 1. The van der Waals surface area contributed by atoms with Crippen molar-refractivity contribution in [2.75, 3.05) is 0 Å². The third-order valence-electron chi connectivity index (χ3n) is 5.18. The van der Waals surface area contributed by atoms with Crippen LogP contribution in [0.25, 0.3) is 21.6 Å². The summed E-state index contributed by atoms with van der Waals surface area (Å²) >= 11 is 0.942. The maximum atomic E-state index is 12.8. The number of fused-ring (bicyclic) bond motifs is 1. The first-order valence-electron chi connectivity index (χ1n) is 9.79. The Hall–Kier alpha value is -3.63. The van der Waals surface area contributed by atoms with Crippen molar-refractivity contribution in [1.82, 2.24) is 19.1 Å². The number of rotatable bonds is 5. The molecule has 2 N–H and O–H groups in total. The number of hydrogen-bond acceptors (Lipinski definition) is 7. The molecule has 0 aliphatic heterocycles. The van der Waals surface area contributed by atoms with Crippen LogP contribution in [-0.4, -0.2) is 35.3 Å².